The van der Waals surface area contributed by atoms with Gasteiger partial charge in [-0.05, 0) is 41.1 Å². The molecule has 172 valence electrons. The average Bonchev–Trinajstić information content (AvgIpc) is 2.87. The van der Waals surface area contributed by atoms with E-state index in [0.717, 1.165) is 22.0 Å². The Kier molecular flexibility index (Phi) is 6.02. The second-order valence-electron chi connectivity index (χ2n) is 8.24. The molecule has 0 aliphatic carbocycles. The van der Waals surface area contributed by atoms with E-state index in [1.165, 1.54) is 16.8 Å². The second-order valence-corrected chi connectivity index (χ2v) is 8.65. The van der Waals surface area contributed by atoms with Gasteiger partial charge in [-0.2, -0.15) is 5.10 Å². The molecule has 34 heavy (non-hydrogen) atoms. The number of fused-ring (bicyclic) bond motifs is 1. The molecule has 1 aliphatic rings. The summed E-state index contributed by atoms with van der Waals surface area (Å²) in [7, 11) is 0. The fourth-order valence-corrected chi connectivity index (χ4v) is 4.36. The van der Waals surface area contributed by atoms with Gasteiger partial charge in [0.1, 0.15) is 12.4 Å². The van der Waals surface area contributed by atoms with E-state index in [1.807, 2.05) is 42.5 Å². The van der Waals surface area contributed by atoms with E-state index in [1.54, 1.807) is 23.1 Å². The van der Waals surface area contributed by atoms with E-state index < -0.39 is 5.82 Å². The number of benzene rings is 3. The second kappa shape index (κ2) is 9.27. The molecule has 8 heteroatoms. The molecule has 1 fully saturated rings. The van der Waals surface area contributed by atoms with Crippen molar-refractivity contribution in [2.24, 2.45) is 0 Å². The van der Waals surface area contributed by atoms with E-state index in [4.69, 9.17) is 11.6 Å². The fourth-order valence-electron chi connectivity index (χ4n) is 4.19. The number of rotatable bonds is 4. The largest absolute Gasteiger partial charge is 0.368 e. The summed E-state index contributed by atoms with van der Waals surface area (Å²) in [4.78, 5) is 29.1. The number of anilines is 1. The molecule has 4 aromatic rings. The first-order valence-corrected chi connectivity index (χ1v) is 11.4. The van der Waals surface area contributed by atoms with Crippen LogP contribution in [-0.2, 0) is 11.3 Å². The Bertz CT molecular complexity index is 1430. The lowest BCUT2D eigenvalue weighted by atomic mass is 10.1. The molecular weight excluding hydrogens is 455 g/mol. The average molecular weight is 477 g/mol. The lowest BCUT2D eigenvalue weighted by Crippen LogP contribution is -2.50. The van der Waals surface area contributed by atoms with Crippen LogP contribution in [0.15, 0.2) is 77.6 Å². The molecule has 0 N–H and O–H groups in total. The molecule has 3 aromatic carbocycles. The van der Waals surface area contributed by atoms with Gasteiger partial charge in [0.25, 0.3) is 5.56 Å². The highest BCUT2D eigenvalue weighted by Gasteiger charge is 2.22. The predicted octanol–water partition coefficient (Wildman–Crippen LogP) is 4.20. The third kappa shape index (κ3) is 4.52. The number of carbonyl (C=O) groups is 1. The van der Waals surface area contributed by atoms with Gasteiger partial charge in [-0.15, -0.1) is 0 Å². The molecule has 0 unspecified atom stereocenters. The quantitative estimate of drug-likeness (QED) is 0.443. The number of hydrogen-bond donors (Lipinski definition) is 0. The van der Waals surface area contributed by atoms with Gasteiger partial charge in [0, 0.05) is 43.5 Å². The van der Waals surface area contributed by atoms with Crippen LogP contribution < -0.4 is 10.5 Å². The lowest BCUT2D eigenvalue weighted by Gasteiger charge is -2.36. The van der Waals surface area contributed by atoms with Crippen molar-refractivity contribution >= 4 is 34.0 Å². The molecule has 6 nitrogen and oxygen atoms in total. The van der Waals surface area contributed by atoms with Crippen LogP contribution in [0, 0.1) is 5.82 Å². The van der Waals surface area contributed by atoms with Crippen molar-refractivity contribution in [2.75, 3.05) is 31.1 Å². The number of hydrogen-bond acceptors (Lipinski definition) is 4. The van der Waals surface area contributed by atoms with Gasteiger partial charge >= 0.3 is 0 Å². The molecular formula is C26H22ClFN4O2. The number of halogens is 2. The minimum absolute atomic E-state index is 0.0766. The van der Waals surface area contributed by atoms with Crippen molar-refractivity contribution in [3.63, 3.8) is 0 Å². The third-order valence-electron chi connectivity index (χ3n) is 6.10. The summed E-state index contributed by atoms with van der Waals surface area (Å²) in [5.74, 6) is -0.620. The highest BCUT2D eigenvalue weighted by atomic mass is 35.5. The maximum absolute atomic E-state index is 13.4. The Morgan fingerprint density at radius 3 is 2.44 bits per heavy atom. The number of piperazine rings is 1. The standard InChI is InChI=1S/C26H22ClFN4O2/c27-22-16-21(7-8-23(22)28)30-11-13-31(14-12-30)26(34)17-32-25(33)10-9-24(29-32)20-6-5-18-3-1-2-4-19(18)15-20/h1-10,15-16H,11-14,17H2. The van der Waals surface area contributed by atoms with Crippen LogP contribution in [0.2, 0.25) is 5.02 Å². The first kappa shape index (κ1) is 22.1. The van der Waals surface area contributed by atoms with Crippen LogP contribution in [0.1, 0.15) is 0 Å². The molecule has 0 spiro atoms. The monoisotopic (exact) mass is 476 g/mol. The summed E-state index contributed by atoms with van der Waals surface area (Å²) in [5, 5.41) is 6.74. The zero-order valence-corrected chi connectivity index (χ0v) is 19.1. The summed E-state index contributed by atoms with van der Waals surface area (Å²) in [5.41, 5.74) is 2.01. The summed E-state index contributed by atoms with van der Waals surface area (Å²) in [6.45, 7) is 2.04. The maximum Gasteiger partial charge on any atom is 0.267 e. The van der Waals surface area contributed by atoms with E-state index in [-0.39, 0.29) is 23.0 Å². The van der Waals surface area contributed by atoms with Crippen molar-refractivity contribution in [3.05, 3.63) is 94.0 Å². The fraction of sp³-hybridized carbons (Fsp3) is 0.192. The summed E-state index contributed by atoms with van der Waals surface area (Å²) >= 11 is 5.90. The zero-order chi connectivity index (χ0) is 23.7. The number of nitrogens with zero attached hydrogens (tertiary/aromatic N) is 4. The van der Waals surface area contributed by atoms with Crippen LogP contribution in [0.5, 0.6) is 0 Å². The van der Waals surface area contributed by atoms with Gasteiger partial charge < -0.3 is 9.80 Å². The van der Waals surface area contributed by atoms with Gasteiger partial charge in [-0.3, -0.25) is 9.59 Å². The normalized spacial score (nSPS) is 13.9. The molecule has 0 bridgehead atoms. The van der Waals surface area contributed by atoms with Gasteiger partial charge in [0.05, 0.1) is 10.7 Å². The van der Waals surface area contributed by atoms with E-state index in [9.17, 15) is 14.0 Å². The van der Waals surface area contributed by atoms with Crippen LogP contribution in [0.25, 0.3) is 22.0 Å². The summed E-state index contributed by atoms with van der Waals surface area (Å²) < 4.78 is 14.7. The van der Waals surface area contributed by atoms with Gasteiger partial charge in [0.2, 0.25) is 5.91 Å². The molecule has 0 radical (unpaired) electrons. The van der Waals surface area contributed by atoms with E-state index in [2.05, 4.69) is 10.00 Å². The Morgan fingerprint density at radius 2 is 1.68 bits per heavy atom. The molecule has 1 amide bonds. The zero-order valence-electron chi connectivity index (χ0n) is 18.3. The van der Waals surface area contributed by atoms with Crippen LogP contribution >= 0.6 is 11.6 Å². The number of amides is 1. The molecule has 5 rings (SSSR count). The summed E-state index contributed by atoms with van der Waals surface area (Å²) in [6, 6.07) is 21.8. The molecule has 0 atom stereocenters. The molecule has 1 aromatic heterocycles. The lowest BCUT2D eigenvalue weighted by molar-refractivity contribution is -0.132. The minimum atomic E-state index is -0.455. The topological polar surface area (TPSA) is 58.4 Å². The summed E-state index contributed by atoms with van der Waals surface area (Å²) in [6.07, 6.45) is 0. The SMILES string of the molecule is O=C(Cn1nc(-c2ccc3ccccc3c2)ccc1=O)N1CCN(c2ccc(F)c(Cl)c2)CC1. The Balaban J connectivity index is 1.28. The van der Waals surface area contributed by atoms with Crippen molar-refractivity contribution in [3.8, 4) is 11.3 Å². The van der Waals surface area contributed by atoms with Crippen molar-refractivity contribution in [2.45, 2.75) is 6.54 Å². The highest BCUT2D eigenvalue weighted by molar-refractivity contribution is 6.31. The first-order valence-electron chi connectivity index (χ1n) is 11.0. The number of carbonyl (C=O) groups excluding carboxylic acids is 1. The molecule has 1 aliphatic heterocycles. The predicted molar refractivity (Wildman–Crippen MR) is 132 cm³/mol. The van der Waals surface area contributed by atoms with Gasteiger partial charge in [-0.25, -0.2) is 9.07 Å². The van der Waals surface area contributed by atoms with Crippen molar-refractivity contribution in [1.29, 1.82) is 0 Å². The molecule has 1 saturated heterocycles. The minimum Gasteiger partial charge on any atom is -0.368 e. The van der Waals surface area contributed by atoms with Crippen LogP contribution in [-0.4, -0.2) is 46.8 Å². The smallest absolute Gasteiger partial charge is 0.267 e. The van der Waals surface area contributed by atoms with E-state index in [0.29, 0.717) is 31.9 Å². The molecule has 0 saturated carbocycles. The van der Waals surface area contributed by atoms with E-state index >= 15 is 0 Å². The number of aromatic nitrogens is 2. The third-order valence-corrected chi connectivity index (χ3v) is 6.39. The van der Waals surface area contributed by atoms with Crippen LogP contribution in [0.3, 0.4) is 0 Å². The molecule has 2 heterocycles. The highest BCUT2D eigenvalue weighted by Crippen LogP contribution is 2.24. The van der Waals surface area contributed by atoms with Gasteiger partial charge in [0.15, 0.2) is 0 Å². The van der Waals surface area contributed by atoms with Crippen molar-refractivity contribution < 1.29 is 9.18 Å². The van der Waals surface area contributed by atoms with Gasteiger partial charge in [-0.1, -0.05) is 48.0 Å². The first-order chi connectivity index (χ1) is 16.5. The van der Waals surface area contributed by atoms with Crippen LogP contribution in [0.4, 0.5) is 10.1 Å². The maximum atomic E-state index is 13.4. The van der Waals surface area contributed by atoms with Crippen molar-refractivity contribution in [1.82, 2.24) is 14.7 Å². The Morgan fingerprint density at radius 1 is 0.912 bits per heavy atom. The Labute approximate surface area is 200 Å². The Hall–Kier alpha value is -3.71.